The minimum Gasteiger partial charge on any atom is -0.490 e. The van der Waals surface area contributed by atoms with Crippen molar-refractivity contribution in [2.75, 3.05) is 19.7 Å². The molecule has 2 atom stereocenters. The molecule has 126 valence electrons. The molecule has 0 N–H and O–H groups in total. The Hall–Kier alpha value is -1.62. The number of nitrogens with zero attached hydrogens (tertiary/aromatic N) is 2. The molecule has 1 amide bonds. The average Bonchev–Trinajstić information content (AvgIpc) is 2.57. The summed E-state index contributed by atoms with van der Waals surface area (Å²) in [5.74, 6) is 1.19. The van der Waals surface area contributed by atoms with Crippen LogP contribution in [0.5, 0.6) is 5.75 Å². The van der Waals surface area contributed by atoms with Gasteiger partial charge in [-0.1, -0.05) is 0 Å². The Labute approximate surface area is 138 Å². The molecule has 0 bridgehead atoms. The van der Waals surface area contributed by atoms with E-state index in [1.165, 1.54) is 0 Å². The summed E-state index contributed by atoms with van der Waals surface area (Å²) >= 11 is 0. The van der Waals surface area contributed by atoms with E-state index in [1.54, 1.807) is 6.20 Å². The van der Waals surface area contributed by atoms with Crippen LogP contribution in [0.3, 0.4) is 0 Å². The fraction of sp³-hybridized carbons (Fsp3) is 0.667. The summed E-state index contributed by atoms with van der Waals surface area (Å²) in [5.41, 5.74) is 1.05. The highest BCUT2D eigenvalue weighted by Crippen LogP contribution is 2.26. The lowest BCUT2D eigenvalue weighted by atomic mass is 9.93. The second kappa shape index (κ2) is 7.30. The molecule has 2 aliphatic heterocycles. The summed E-state index contributed by atoms with van der Waals surface area (Å²) in [6.45, 7) is 6.36. The van der Waals surface area contributed by atoms with Crippen molar-refractivity contribution in [3.05, 3.63) is 24.0 Å². The number of aromatic nitrogens is 1. The molecule has 3 rings (SSSR count). The van der Waals surface area contributed by atoms with Gasteiger partial charge in [-0.05, 0) is 32.8 Å². The molecule has 2 saturated heterocycles. The summed E-state index contributed by atoms with van der Waals surface area (Å²) in [6, 6.07) is 1.91. The van der Waals surface area contributed by atoms with E-state index in [9.17, 15) is 4.79 Å². The lowest BCUT2D eigenvalue weighted by Crippen LogP contribution is -2.47. The zero-order valence-electron chi connectivity index (χ0n) is 14.0. The number of rotatable bonds is 3. The Morgan fingerprint density at radius 2 is 2.13 bits per heavy atom. The van der Waals surface area contributed by atoms with Crippen LogP contribution in [0.2, 0.25) is 0 Å². The van der Waals surface area contributed by atoms with Crippen LogP contribution < -0.4 is 4.74 Å². The van der Waals surface area contributed by atoms with Gasteiger partial charge >= 0.3 is 0 Å². The summed E-state index contributed by atoms with van der Waals surface area (Å²) < 4.78 is 11.7. The van der Waals surface area contributed by atoms with E-state index < -0.39 is 0 Å². The number of pyridine rings is 1. The predicted molar refractivity (Wildman–Crippen MR) is 87.3 cm³/mol. The molecular formula is C18H26N2O3. The van der Waals surface area contributed by atoms with Crippen LogP contribution in [0.1, 0.15) is 38.2 Å². The highest BCUT2D eigenvalue weighted by Gasteiger charge is 2.34. The van der Waals surface area contributed by atoms with Crippen molar-refractivity contribution in [3.8, 4) is 5.75 Å². The van der Waals surface area contributed by atoms with Crippen molar-refractivity contribution >= 4 is 5.91 Å². The van der Waals surface area contributed by atoms with E-state index in [1.807, 2.05) is 31.0 Å². The summed E-state index contributed by atoms with van der Waals surface area (Å²) in [6.07, 6.45) is 7.51. The molecule has 3 heterocycles. The zero-order chi connectivity index (χ0) is 16.2. The standard InChI is InChI=1S/C18H26N2O3/c1-13-12-19-8-5-17(13)23-15-6-9-20(10-7-15)18(21)16-4-3-11-22-14(16)2/h5,8,12,14-16H,3-4,6-7,9-11H2,1-2H3. The maximum absolute atomic E-state index is 12.7. The average molecular weight is 318 g/mol. The van der Waals surface area contributed by atoms with Crippen LogP contribution in [0.15, 0.2) is 18.5 Å². The number of hydrogen-bond donors (Lipinski definition) is 0. The smallest absolute Gasteiger partial charge is 0.228 e. The van der Waals surface area contributed by atoms with Crippen LogP contribution in [0, 0.1) is 12.8 Å². The van der Waals surface area contributed by atoms with Crippen molar-refractivity contribution in [1.82, 2.24) is 9.88 Å². The third-order valence-corrected chi connectivity index (χ3v) is 4.94. The molecule has 5 nitrogen and oxygen atoms in total. The molecule has 0 spiro atoms. The van der Waals surface area contributed by atoms with Crippen molar-refractivity contribution in [3.63, 3.8) is 0 Å². The molecule has 23 heavy (non-hydrogen) atoms. The van der Waals surface area contributed by atoms with E-state index in [0.29, 0.717) is 0 Å². The van der Waals surface area contributed by atoms with Crippen molar-refractivity contribution < 1.29 is 14.3 Å². The van der Waals surface area contributed by atoms with Gasteiger partial charge in [0.2, 0.25) is 5.91 Å². The van der Waals surface area contributed by atoms with Gasteiger partial charge in [-0.25, -0.2) is 0 Å². The predicted octanol–water partition coefficient (Wildman–Crippen LogP) is 2.57. The Balaban J connectivity index is 1.52. The lowest BCUT2D eigenvalue weighted by Gasteiger charge is -2.37. The summed E-state index contributed by atoms with van der Waals surface area (Å²) in [4.78, 5) is 18.8. The maximum Gasteiger partial charge on any atom is 0.228 e. The van der Waals surface area contributed by atoms with Gasteiger partial charge in [0, 0.05) is 50.5 Å². The molecule has 2 aliphatic rings. The molecule has 2 unspecified atom stereocenters. The topological polar surface area (TPSA) is 51.7 Å². The third kappa shape index (κ3) is 3.83. The number of ether oxygens (including phenoxy) is 2. The first-order chi connectivity index (χ1) is 11.1. The van der Waals surface area contributed by atoms with Crippen LogP contribution in [-0.2, 0) is 9.53 Å². The molecule has 0 saturated carbocycles. The van der Waals surface area contributed by atoms with Crippen molar-refractivity contribution in [1.29, 1.82) is 0 Å². The third-order valence-electron chi connectivity index (χ3n) is 4.94. The van der Waals surface area contributed by atoms with Crippen molar-refractivity contribution in [2.45, 2.75) is 51.7 Å². The minimum absolute atomic E-state index is 0.0312. The zero-order valence-corrected chi connectivity index (χ0v) is 14.0. The molecular weight excluding hydrogens is 292 g/mol. The van der Waals surface area contributed by atoms with Gasteiger partial charge in [0.1, 0.15) is 11.9 Å². The van der Waals surface area contributed by atoms with Gasteiger partial charge in [0.25, 0.3) is 0 Å². The van der Waals surface area contributed by atoms with E-state index in [-0.39, 0.29) is 24.0 Å². The Morgan fingerprint density at radius 1 is 1.35 bits per heavy atom. The second-order valence-corrected chi connectivity index (χ2v) is 6.61. The van der Waals surface area contributed by atoms with Crippen LogP contribution in [-0.4, -0.2) is 47.7 Å². The van der Waals surface area contributed by atoms with E-state index in [2.05, 4.69) is 4.98 Å². The number of piperidine rings is 1. The van der Waals surface area contributed by atoms with E-state index in [0.717, 1.165) is 56.7 Å². The first-order valence-corrected chi connectivity index (χ1v) is 8.63. The largest absolute Gasteiger partial charge is 0.490 e. The summed E-state index contributed by atoms with van der Waals surface area (Å²) in [7, 11) is 0. The fourth-order valence-electron chi connectivity index (χ4n) is 3.45. The molecule has 0 radical (unpaired) electrons. The SMILES string of the molecule is Cc1cnccc1OC1CCN(C(=O)C2CCCOC2C)CC1. The highest BCUT2D eigenvalue weighted by atomic mass is 16.5. The van der Waals surface area contributed by atoms with Gasteiger partial charge in [0.05, 0.1) is 12.0 Å². The van der Waals surface area contributed by atoms with Crippen molar-refractivity contribution in [2.24, 2.45) is 5.92 Å². The Kier molecular flexibility index (Phi) is 5.16. The van der Waals surface area contributed by atoms with Gasteiger partial charge in [-0.15, -0.1) is 0 Å². The molecule has 1 aromatic rings. The molecule has 2 fully saturated rings. The van der Waals surface area contributed by atoms with Gasteiger partial charge in [-0.2, -0.15) is 0 Å². The Bertz CT molecular complexity index is 541. The number of amides is 1. The summed E-state index contributed by atoms with van der Waals surface area (Å²) in [5, 5.41) is 0. The molecule has 0 aliphatic carbocycles. The maximum atomic E-state index is 12.7. The van der Waals surface area contributed by atoms with Crippen LogP contribution in [0.25, 0.3) is 0 Å². The van der Waals surface area contributed by atoms with Gasteiger partial charge in [-0.3, -0.25) is 9.78 Å². The number of aryl methyl sites for hydroxylation is 1. The molecule has 1 aromatic heterocycles. The first kappa shape index (κ1) is 16.2. The van der Waals surface area contributed by atoms with Gasteiger partial charge in [0.15, 0.2) is 0 Å². The number of carbonyl (C=O) groups excluding carboxylic acids is 1. The van der Waals surface area contributed by atoms with Crippen LogP contribution >= 0.6 is 0 Å². The van der Waals surface area contributed by atoms with Gasteiger partial charge < -0.3 is 14.4 Å². The van der Waals surface area contributed by atoms with Crippen LogP contribution in [0.4, 0.5) is 0 Å². The quantitative estimate of drug-likeness (QED) is 0.859. The minimum atomic E-state index is 0.0312. The molecule has 0 aromatic carbocycles. The number of carbonyl (C=O) groups is 1. The first-order valence-electron chi connectivity index (χ1n) is 8.63. The second-order valence-electron chi connectivity index (χ2n) is 6.61. The fourth-order valence-corrected chi connectivity index (χ4v) is 3.45. The highest BCUT2D eigenvalue weighted by molar-refractivity contribution is 5.79. The van der Waals surface area contributed by atoms with E-state index >= 15 is 0 Å². The number of hydrogen-bond acceptors (Lipinski definition) is 4. The normalized spacial score (nSPS) is 26.1. The van der Waals surface area contributed by atoms with E-state index in [4.69, 9.17) is 9.47 Å². The number of likely N-dealkylation sites (tertiary alicyclic amines) is 1. The Morgan fingerprint density at radius 3 is 2.83 bits per heavy atom. The molecule has 5 heteroatoms. The lowest BCUT2D eigenvalue weighted by molar-refractivity contribution is -0.145. The monoisotopic (exact) mass is 318 g/mol.